The number of aromatic hydroxyl groups is 1. The highest BCUT2D eigenvalue weighted by molar-refractivity contribution is 9.10. The maximum absolute atomic E-state index is 12.8. The Morgan fingerprint density at radius 2 is 1.92 bits per heavy atom. The summed E-state index contributed by atoms with van der Waals surface area (Å²) < 4.78 is 65.8. The highest BCUT2D eigenvalue weighted by Gasteiger charge is 2.31. The van der Waals surface area contributed by atoms with Crippen molar-refractivity contribution in [1.29, 1.82) is 0 Å². The lowest BCUT2D eigenvalue weighted by atomic mass is 10.2. The fraction of sp³-hybridized carbons (Fsp3) is 0.0714. The molecule has 3 aromatic rings. The van der Waals surface area contributed by atoms with Gasteiger partial charge < -0.3 is 5.11 Å². The highest BCUT2D eigenvalue weighted by Crippen LogP contribution is 2.37. The van der Waals surface area contributed by atoms with E-state index in [2.05, 4.69) is 25.6 Å². The minimum absolute atomic E-state index is 0.144. The molecule has 0 aliphatic carbocycles. The van der Waals surface area contributed by atoms with E-state index in [0.717, 1.165) is 35.6 Å². The van der Waals surface area contributed by atoms with Crippen LogP contribution in [0.15, 0.2) is 39.7 Å². The van der Waals surface area contributed by atoms with Crippen LogP contribution in [0.4, 0.5) is 18.3 Å². The molecular formula is C14H7BrClF3N2O3S2. The zero-order chi connectivity index (χ0) is 19.3. The van der Waals surface area contributed by atoms with Gasteiger partial charge in [-0.25, -0.2) is 13.4 Å². The van der Waals surface area contributed by atoms with E-state index in [1.165, 1.54) is 6.07 Å². The van der Waals surface area contributed by atoms with Crippen molar-refractivity contribution < 1.29 is 26.7 Å². The number of sulfonamides is 1. The summed E-state index contributed by atoms with van der Waals surface area (Å²) in [6.45, 7) is 0. The molecule has 0 bridgehead atoms. The second-order valence-electron chi connectivity index (χ2n) is 5.04. The Balaban J connectivity index is 2.00. The fourth-order valence-electron chi connectivity index (χ4n) is 2.06. The number of nitrogens with one attached hydrogen (secondary N) is 1. The summed E-state index contributed by atoms with van der Waals surface area (Å²) in [5.41, 5.74) is -0.656. The van der Waals surface area contributed by atoms with Gasteiger partial charge in [0.1, 0.15) is 4.90 Å². The predicted octanol–water partition coefficient (Wildman–Crippen LogP) is 5.24. The summed E-state index contributed by atoms with van der Waals surface area (Å²) in [6, 6.07) is 5.35. The quantitative estimate of drug-likeness (QED) is 0.530. The van der Waals surface area contributed by atoms with Crippen LogP contribution < -0.4 is 4.72 Å². The number of benzene rings is 2. The van der Waals surface area contributed by atoms with Crippen LogP contribution in [0.25, 0.3) is 10.2 Å². The maximum Gasteiger partial charge on any atom is 0.416 e. The summed E-state index contributed by atoms with van der Waals surface area (Å²) in [5.74, 6) is -0.650. The number of fused-ring (bicyclic) bond motifs is 1. The van der Waals surface area contributed by atoms with Crippen LogP contribution in [0.3, 0.4) is 0 Å². The molecule has 0 spiro atoms. The summed E-state index contributed by atoms with van der Waals surface area (Å²) in [5, 5.41) is 9.56. The molecule has 12 heteroatoms. The molecule has 5 nitrogen and oxygen atoms in total. The van der Waals surface area contributed by atoms with Crippen molar-refractivity contribution in [1.82, 2.24) is 4.98 Å². The molecule has 1 heterocycles. The molecule has 26 heavy (non-hydrogen) atoms. The van der Waals surface area contributed by atoms with Crippen molar-refractivity contribution in [3.05, 3.63) is 45.4 Å². The first-order valence-electron chi connectivity index (χ1n) is 6.66. The lowest BCUT2D eigenvalue weighted by Crippen LogP contribution is -2.13. The number of alkyl halides is 3. The molecule has 0 atom stereocenters. The van der Waals surface area contributed by atoms with Crippen molar-refractivity contribution in [2.75, 3.05) is 4.72 Å². The second-order valence-corrected chi connectivity index (χ2v) is 9.04. The summed E-state index contributed by atoms with van der Waals surface area (Å²) >= 11 is 9.57. The topological polar surface area (TPSA) is 79.3 Å². The number of aromatic nitrogens is 1. The Kier molecular flexibility index (Phi) is 4.84. The molecule has 1 aromatic heterocycles. The van der Waals surface area contributed by atoms with E-state index < -0.39 is 32.4 Å². The summed E-state index contributed by atoms with van der Waals surface area (Å²) in [4.78, 5) is 3.46. The van der Waals surface area contributed by atoms with Crippen molar-refractivity contribution in [2.24, 2.45) is 0 Å². The SMILES string of the molecule is O=S(=O)(Nc1nc2ccc(C(F)(F)F)cc2s1)c1cc(Br)cc(Cl)c1O. The number of anilines is 1. The molecular weight excluding hydrogens is 481 g/mol. The van der Waals surface area contributed by atoms with Crippen molar-refractivity contribution >= 4 is 64.2 Å². The molecule has 3 rings (SSSR count). The van der Waals surface area contributed by atoms with E-state index in [9.17, 15) is 26.7 Å². The molecule has 0 unspecified atom stereocenters. The Hall–Kier alpha value is -1.56. The van der Waals surface area contributed by atoms with Crippen LogP contribution in [-0.4, -0.2) is 18.5 Å². The van der Waals surface area contributed by atoms with E-state index in [4.69, 9.17) is 11.6 Å². The van der Waals surface area contributed by atoms with Gasteiger partial charge in [-0.1, -0.05) is 38.9 Å². The van der Waals surface area contributed by atoms with Gasteiger partial charge in [-0.3, -0.25) is 4.72 Å². The van der Waals surface area contributed by atoms with Crippen LogP contribution in [0.2, 0.25) is 5.02 Å². The van der Waals surface area contributed by atoms with Gasteiger partial charge in [0.15, 0.2) is 10.9 Å². The van der Waals surface area contributed by atoms with Gasteiger partial charge in [-0.15, -0.1) is 0 Å². The third-order valence-corrected chi connectivity index (χ3v) is 6.38. The van der Waals surface area contributed by atoms with Crippen LogP contribution >= 0.6 is 38.9 Å². The molecule has 0 saturated heterocycles. The second kappa shape index (κ2) is 6.55. The van der Waals surface area contributed by atoms with E-state index in [-0.39, 0.29) is 20.4 Å². The van der Waals surface area contributed by atoms with E-state index >= 15 is 0 Å². The summed E-state index contributed by atoms with van der Waals surface area (Å²) in [7, 11) is -4.26. The fourth-order valence-corrected chi connectivity index (χ4v) is 5.36. The number of halogens is 5. The van der Waals surface area contributed by atoms with Crippen LogP contribution in [0.5, 0.6) is 5.75 Å². The average molecular weight is 488 g/mol. The number of phenolic OH excluding ortho intramolecular Hbond substituents is 1. The Labute approximate surface area is 162 Å². The Morgan fingerprint density at radius 3 is 2.58 bits per heavy atom. The molecule has 0 amide bonds. The Bertz CT molecular complexity index is 1120. The van der Waals surface area contributed by atoms with Crippen LogP contribution in [0.1, 0.15) is 5.56 Å². The Morgan fingerprint density at radius 1 is 1.23 bits per heavy atom. The largest absolute Gasteiger partial charge is 0.505 e. The molecule has 0 aliphatic heterocycles. The minimum Gasteiger partial charge on any atom is -0.505 e. The van der Waals surface area contributed by atoms with Gasteiger partial charge in [0.2, 0.25) is 0 Å². The number of phenols is 1. The van der Waals surface area contributed by atoms with Gasteiger partial charge in [-0.05, 0) is 30.3 Å². The van der Waals surface area contributed by atoms with Gasteiger partial charge in [0.05, 0.1) is 20.8 Å². The molecule has 0 aliphatic rings. The molecule has 2 aromatic carbocycles. The van der Waals surface area contributed by atoms with Crippen molar-refractivity contribution in [3.8, 4) is 5.75 Å². The van der Waals surface area contributed by atoms with Gasteiger partial charge in [-0.2, -0.15) is 13.2 Å². The van der Waals surface area contributed by atoms with Gasteiger partial charge in [0, 0.05) is 4.47 Å². The molecule has 0 radical (unpaired) electrons. The predicted molar refractivity (Wildman–Crippen MR) is 96.2 cm³/mol. The van der Waals surface area contributed by atoms with Gasteiger partial charge >= 0.3 is 6.18 Å². The highest BCUT2D eigenvalue weighted by atomic mass is 79.9. The molecule has 0 fully saturated rings. The average Bonchev–Trinajstić information content (AvgIpc) is 2.90. The van der Waals surface area contributed by atoms with Crippen molar-refractivity contribution in [3.63, 3.8) is 0 Å². The van der Waals surface area contributed by atoms with Crippen molar-refractivity contribution in [2.45, 2.75) is 11.1 Å². The lowest BCUT2D eigenvalue weighted by molar-refractivity contribution is -0.137. The molecule has 138 valence electrons. The summed E-state index contributed by atoms with van der Waals surface area (Å²) in [6.07, 6.45) is -4.52. The lowest BCUT2D eigenvalue weighted by Gasteiger charge is -2.08. The zero-order valence-corrected chi connectivity index (χ0v) is 16.3. The minimum atomic E-state index is -4.52. The number of thiazole rings is 1. The number of nitrogens with zero attached hydrogens (tertiary/aromatic N) is 1. The number of hydrogen-bond donors (Lipinski definition) is 2. The van der Waals surface area contributed by atoms with E-state index in [0.29, 0.717) is 4.47 Å². The number of hydrogen-bond acceptors (Lipinski definition) is 5. The first-order chi connectivity index (χ1) is 12.0. The van der Waals surface area contributed by atoms with Gasteiger partial charge in [0.25, 0.3) is 10.0 Å². The third kappa shape index (κ3) is 3.75. The molecule has 2 N–H and O–H groups in total. The van der Waals surface area contributed by atoms with Crippen LogP contribution in [-0.2, 0) is 16.2 Å². The van der Waals surface area contributed by atoms with E-state index in [1.54, 1.807) is 0 Å². The monoisotopic (exact) mass is 486 g/mol. The maximum atomic E-state index is 12.8. The normalized spacial score (nSPS) is 12.5. The smallest absolute Gasteiger partial charge is 0.416 e. The third-order valence-electron chi connectivity index (χ3n) is 3.22. The number of rotatable bonds is 3. The molecule has 0 saturated carbocycles. The zero-order valence-electron chi connectivity index (χ0n) is 12.3. The first-order valence-corrected chi connectivity index (χ1v) is 10.1. The first kappa shape index (κ1) is 19.2. The standard InChI is InChI=1S/C14H7BrClF3N2O3S2/c15-7-4-8(16)12(22)11(5-7)26(23,24)21-13-20-9-2-1-6(14(17,18)19)3-10(9)25-13/h1-5,22H,(H,20,21). The van der Waals surface area contributed by atoms with Crippen LogP contribution in [0, 0.1) is 0 Å². The van der Waals surface area contributed by atoms with E-state index in [1.807, 2.05) is 0 Å².